The van der Waals surface area contributed by atoms with E-state index in [1.807, 2.05) is 50.2 Å². The lowest BCUT2D eigenvalue weighted by atomic mass is 10.1. The molecule has 0 aliphatic rings. The summed E-state index contributed by atoms with van der Waals surface area (Å²) >= 11 is 0. The SMILES string of the molecule is CCC(=O)OC(C)Cc1ccccc1.Cc1cccc(F)c1. The molecule has 0 aromatic heterocycles. The Morgan fingerprint density at radius 3 is 2.32 bits per heavy atom. The van der Waals surface area contributed by atoms with Gasteiger partial charge < -0.3 is 4.74 Å². The van der Waals surface area contributed by atoms with E-state index in [2.05, 4.69) is 0 Å². The van der Waals surface area contributed by atoms with E-state index in [0.717, 1.165) is 12.0 Å². The summed E-state index contributed by atoms with van der Waals surface area (Å²) in [5.74, 6) is -0.293. The van der Waals surface area contributed by atoms with Crippen LogP contribution in [0, 0.1) is 12.7 Å². The molecule has 2 aromatic carbocycles. The van der Waals surface area contributed by atoms with Gasteiger partial charge in [-0.15, -0.1) is 0 Å². The number of halogens is 1. The van der Waals surface area contributed by atoms with Crippen LogP contribution in [0.3, 0.4) is 0 Å². The van der Waals surface area contributed by atoms with E-state index in [0.29, 0.717) is 6.42 Å². The zero-order chi connectivity index (χ0) is 16.4. The van der Waals surface area contributed by atoms with Crippen LogP contribution in [0.25, 0.3) is 0 Å². The highest BCUT2D eigenvalue weighted by Gasteiger charge is 2.07. The molecule has 22 heavy (non-hydrogen) atoms. The van der Waals surface area contributed by atoms with Crippen molar-refractivity contribution in [3.8, 4) is 0 Å². The second kappa shape index (κ2) is 9.72. The number of rotatable bonds is 4. The topological polar surface area (TPSA) is 26.3 Å². The molecule has 0 N–H and O–H groups in total. The van der Waals surface area contributed by atoms with E-state index < -0.39 is 0 Å². The first-order chi connectivity index (χ1) is 10.5. The Morgan fingerprint density at radius 2 is 1.82 bits per heavy atom. The van der Waals surface area contributed by atoms with E-state index in [1.54, 1.807) is 13.0 Å². The lowest BCUT2D eigenvalue weighted by Crippen LogP contribution is -2.16. The Hall–Kier alpha value is -2.16. The third-order valence-corrected chi connectivity index (χ3v) is 2.97. The summed E-state index contributed by atoms with van der Waals surface area (Å²) in [6.07, 6.45) is 1.19. The Kier molecular flexibility index (Phi) is 7.90. The first-order valence-electron chi connectivity index (χ1n) is 7.46. The summed E-state index contributed by atoms with van der Waals surface area (Å²) in [4.78, 5) is 11.0. The molecule has 0 fully saturated rings. The summed E-state index contributed by atoms with van der Waals surface area (Å²) in [5, 5.41) is 0. The zero-order valence-electron chi connectivity index (χ0n) is 13.4. The number of benzene rings is 2. The molecule has 1 atom stereocenters. The maximum Gasteiger partial charge on any atom is 0.305 e. The molecular weight excluding hydrogens is 279 g/mol. The molecule has 2 rings (SSSR count). The van der Waals surface area contributed by atoms with Gasteiger partial charge in [-0.2, -0.15) is 0 Å². The predicted octanol–water partition coefficient (Wildman–Crippen LogP) is 4.70. The number of esters is 1. The molecule has 0 amide bonds. The molecule has 3 heteroatoms. The standard InChI is InChI=1S/C12H16O2.C7H7F/c1-3-12(13)14-10(2)9-11-7-5-4-6-8-11;1-6-3-2-4-7(8)5-6/h4-8,10H,3,9H2,1-2H3;2-5H,1H3. The van der Waals surface area contributed by atoms with Crippen molar-refractivity contribution in [1.29, 1.82) is 0 Å². The van der Waals surface area contributed by atoms with Crippen LogP contribution in [-0.2, 0) is 16.0 Å². The molecule has 0 aliphatic heterocycles. The first-order valence-corrected chi connectivity index (χ1v) is 7.46. The Labute approximate surface area is 131 Å². The average Bonchev–Trinajstić information content (AvgIpc) is 2.48. The van der Waals surface area contributed by atoms with Gasteiger partial charge in [0.15, 0.2) is 0 Å². The van der Waals surface area contributed by atoms with Crippen LogP contribution in [0.15, 0.2) is 54.6 Å². The molecule has 0 aliphatic carbocycles. The quantitative estimate of drug-likeness (QED) is 0.765. The highest BCUT2D eigenvalue weighted by Crippen LogP contribution is 2.06. The minimum atomic E-state index is -0.162. The molecule has 1 unspecified atom stereocenters. The van der Waals surface area contributed by atoms with Crippen molar-refractivity contribution in [2.24, 2.45) is 0 Å². The molecule has 0 saturated heterocycles. The van der Waals surface area contributed by atoms with Crippen molar-refractivity contribution < 1.29 is 13.9 Å². The highest BCUT2D eigenvalue weighted by molar-refractivity contribution is 5.69. The van der Waals surface area contributed by atoms with Crippen molar-refractivity contribution in [3.63, 3.8) is 0 Å². The number of carbonyl (C=O) groups excluding carboxylic acids is 1. The minimum absolute atomic E-state index is 0.0372. The third kappa shape index (κ3) is 7.58. The van der Waals surface area contributed by atoms with Gasteiger partial charge >= 0.3 is 5.97 Å². The number of aryl methyl sites for hydroxylation is 1. The smallest absolute Gasteiger partial charge is 0.305 e. The first kappa shape index (κ1) is 17.9. The lowest BCUT2D eigenvalue weighted by Gasteiger charge is -2.12. The molecule has 0 spiro atoms. The van der Waals surface area contributed by atoms with E-state index in [-0.39, 0.29) is 17.9 Å². The summed E-state index contributed by atoms with van der Waals surface area (Å²) in [6.45, 7) is 5.58. The van der Waals surface area contributed by atoms with Gasteiger partial charge in [0.05, 0.1) is 0 Å². The van der Waals surface area contributed by atoms with Crippen molar-refractivity contribution in [3.05, 3.63) is 71.5 Å². The fourth-order valence-corrected chi connectivity index (χ4v) is 1.90. The number of ether oxygens (including phenoxy) is 1. The normalized spacial score (nSPS) is 11.1. The van der Waals surface area contributed by atoms with Gasteiger partial charge in [-0.3, -0.25) is 4.79 Å². The average molecular weight is 302 g/mol. The summed E-state index contributed by atoms with van der Waals surface area (Å²) in [6, 6.07) is 16.5. The Balaban J connectivity index is 0.000000255. The number of carbonyl (C=O) groups is 1. The van der Waals surface area contributed by atoms with Gasteiger partial charge in [0.25, 0.3) is 0 Å². The van der Waals surface area contributed by atoms with Crippen molar-refractivity contribution >= 4 is 5.97 Å². The van der Waals surface area contributed by atoms with Gasteiger partial charge in [-0.1, -0.05) is 49.4 Å². The van der Waals surface area contributed by atoms with Crippen molar-refractivity contribution in [2.45, 2.75) is 39.7 Å². The summed E-state index contributed by atoms with van der Waals surface area (Å²) < 4.78 is 17.3. The van der Waals surface area contributed by atoms with Crippen LogP contribution in [0.2, 0.25) is 0 Å². The second-order valence-corrected chi connectivity index (χ2v) is 5.14. The molecule has 2 aromatic rings. The highest BCUT2D eigenvalue weighted by atomic mass is 19.1. The van der Waals surface area contributed by atoms with Crippen LogP contribution in [0.1, 0.15) is 31.4 Å². The predicted molar refractivity (Wildman–Crippen MR) is 87.1 cm³/mol. The summed E-state index contributed by atoms with van der Waals surface area (Å²) in [5.41, 5.74) is 2.16. The minimum Gasteiger partial charge on any atom is -0.462 e. The summed E-state index contributed by atoms with van der Waals surface area (Å²) in [7, 11) is 0. The monoisotopic (exact) mass is 302 g/mol. The van der Waals surface area contributed by atoms with Crippen molar-refractivity contribution in [2.75, 3.05) is 0 Å². The van der Waals surface area contributed by atoms with E-state index in [4.69, 9.17) is 4.74 Å². The Morgan fingerprint density at radius 1 is 1.14 bits per heavy atom. The molecule has 118 valence electrons. The van der Waals surface area contributed by atoms with Gasteiger partial charge in [-0.05, 0) is 37.1 Å². The van der Waals surface area contributed by atoms with E-state index >= 15 is 0 Å². The maximum atomic E-state index is 12.2. The van der Waals surface area contributed by atoms with Gasteiger partial charge in [-0.25, -0.2) is 4.39 Å². The van der Waals surface area contributed by atoms with Gasteiger partial charge in [0.1, 0.15) is 11.9 Å². The maximum absolute atomic E-state index is 12.2. The third-order valence-electron chi connectivity index (χ3n) is 2.97. The molecular formula is C19H23FO2. The van der Waals surface area contributed by atoms with Crippen LogP contribution >= 0.6 is 0 Å². The molecule has 0 bridgehead atoms. The van der Waals surface area contributed by atoms with Crippen LogP contribution in [0.5, 0.6) is 0 Å². The van der Waals surface area contributed by atoms with E-state index in [1.165, 1.54) is 17.7 Å². The number of hydrogen-bond acceptors (Lipinski definition) is 2. The van der Waals surface area contributed by atoms with E-state index in [9.17, 15) is 9.18 Å². The second-order valence-electron chi connectivity index (χ2n) is 5.14. The molecule has 2 nitrogen and oxygen atoms in total. The van der Waals surface area contributed by atoms with Crippen LogP contribution in [0.4, 0.5) is 4.39 Å². The molecule has 0 heterocycles. The van der Waals surface area contributed by atoms with Crippen molar-refractivity contribution in [1.82, 2.24) is 0 Å². The van der Waals surface area contributed by atoms with Crippen LogP contribution in [-0.4, -0.2) is 12.1 Å². The van der Waals surface area contributed by atoms with Gasteiger partial charge in [0.2, 0.25) is 0 Å². The Bertz CT molecular complexity index is 549. The largest absolute Gasteiger partial charge is 0.462 e. The fraction of sp³-hybridized carbons (Fsp3) is 0.316. The molecule has 0 saturated carbocycles. The van der Waals surface area contributed by atoms with Crippen LogP contribution < -0.4 is 0 Å². The fourth-order valence-electron chi connectivity index (χ4n) is 1.90. The lowest BCUT2D eigenvalue weighted by molar-refractivity contribution is -0.147. The molecule has 0 radical (unpaired) electrons. The number of hydrogen-bond donors (Lipinski definition) is 0. The zero-order valence-corrected chi connectivity index (χ0v) is 13.4. The van der Waals surface area contributed by atoms with Gasteiger partial charge in [0, 0.05) is 12.8 Å².